The zero-order chi connectivity index (χ0) is 11.4. The molecule has 2 atom stereocenters. The van der Waals surface area contributed by atoms with Crippen molar-refractivity contribution in [1.82, 2.24) is 0 Å². The van der Waals surface area contributed by atoms with Gasteiger partial charge in [0.05, 0.1) is 0 Å². The third kappa shape index (κ3) is 3.69. The Labute approximate surface area is 87.3 Å². The molecule has 82 valence electrons. The van der Waals surface area contributed by atoms with Crippen LogP contribution in [0.5, 0.6) is 0 Å². The Balaban J connectivity index is 4.85. The SMILES string of the molecule is CCC[C@](O)(C#C[C@@H](C)O)C(C)(C)C. The fourth-order valence-electron chi connectivity index (χ4n) is 1.21. The van der Waals surface area contributed by atoms with Gasteiger partial charge in [0.1, 0.15) is 11.7 Å². The predicted octanol–water partition coefficient (Wildman–Crippen LogP) is 1.95. The van der Waals surface area contributed by atoms with Gasteiger partial charge in [-0.1, -0.05) is 46.0 Å². The van der Waals surface area contributed by atoms with E-state index >= 15 is 0 Å². The first-order valence-electron chi connectivity index (χ1n) is 5.16. The van der Waals surface area contributed by atoms with Gasteiger partial charge in [-0.3, -0.25) is 0 Å². The van der Waals surface area contributed by atoms with Crippen molar-refractivity contribution in [3.63, 3.8) is 0 Å². The van der Waals surface area contributed by atoms with Gasteiger partial charge in [-0.2, -0.15) is 0 Å². The number of aliphatic hydroxyl groups excluding tert-OH is 1. The molecule has 0 aliphatic rings. The highest BCUT2D eigenvalue weighted by atomic mass is 16.3. The fraction of sp³-hybridized carbons (Fsp3) is 0.833. The van der Waals surface area contributed by atoms with Crippen LogP contribution in [-0.2, 0) is 0 Å². The van der Waals surface area contributed by atoms with Gasteiger partial charge in [-0.25, -0.2) is 0 Å². The van der Waals surface area contributed by atoms with Crippen molar-refractivity contribution in [1.29, 1.82) is 0 Å². The fourth-order valence-corrected chi connectivity index (χ4v) is 1.21. The van der Waals surface area contributed by atoms with Crippen LogP contribution in [0, 0.1) is 17.3 Å². The van der Waals surface area contributed by atoms with E-state index < -0.39 is 11.7 Å². The minimum Gasteiger partial charge on any atom is -0.381 e. The van der Waals surface area contributed by atoms with Gasteiger partial charge in [0, 0.05) is 5.41 Å². The van der Waals surface area contributed by atoms with Gasteiger partial charge in [0.15, 0.2) is 0 Å². The maximum atomic E-state index is 10.3. The number of aliphatic hydroxyl groups is 2. The van der Waals surface area contributed by atoms with Gasteiger partial charge in [-0.05, 0) is 13.3 Å². The molecule has 0 aliphatic carbocycles. The first-order chi connectivity index (χ1) is 6.23. The highest BCUT2D eigenvalue weighted by molar-refractivity contribution is 5.19. The van der Waals surface area contributed by atoms with Crippen molar-refractivity contribution in [3.8, 4) is 11.8 Å². The average Bonchev–Trinajstić information content (AvgIpc) is 1.99. The van der Waals surface area contributed by atoms with Crippen molar-refractivity contribution < 1.29 is 10.2 Å². The van der Waals surface area contributed by atoms with Crippen LogP contribution in [0.2, 0.25) is 0 Å². The van der Waals surface area contributed by atoms with Gasteiger partial charge in [-0.15, -0.1) is 0 Å². The van der Waals surface area contributed by atoms with Gasteiger partial charge in [0.2, 0.25) is 0 Å². The molecule has 0 rings (SSSR count). The number of hydrogen-bond donors (Lipinski definition) is 2. The maximum absolute atomic E-state index is 10.3. The van der Waals surface area contributed by atoms with E-state index in [4.69, 9.17) is 5.11 Å². The minimum atomic E-state index is -1.00. The molecule has 14 heavy (non-hydrogen) atoms. The van der Waals surface area contributed by atoms with Crippen LogP contribution in [0.15, 0.2) is 0 Å². The summed E-state index contributed by atoms with van der Waals surface area (Å²) in [6.07, 6.45) is 0.833. The standard InChI is InChI=1S/C12H22O2/c1-6-8-12(14,11(3,4)5)9-7-10(2)13/h10,13-14H,6,8H2,1-5H3/t10-,12+/m1/s1. The Morgan fingerprint density at radius 2 is 1.79 bits per heavy atom. The Kier molecular flexibility index (Phi) is 4.64. The molecule has 2 N–H and O–H groups in total. The Hall–Kier alpha value is -0.520. The lowest BCUT2D eigenvalue weighted by atomic mass is 9.74. The van der Waals surface area contributed by atoms with E-state index in [1.807, 2.05) is 27.7 Å². The summed E-state index contributed by atoms with van der Waals surface area (Å²) in [5.41, 5.74) is -1.29. The number of rotatable bonds is 2. The van der Waals surface area contributed by atoms with E-state index in [0.717, 1.165) is 6.42 Å². The summed E-state index contributed by atoms with van der Waals surface area (Å²) < 4.78 is 0. The van der Waals surface area contributed by atoms with E-state index in [0.29, 0.717) is 6.42 Å². The largest absolute Gasteiger partial charge is 0.381 e. The smallest absolute Gasteiger partial charge is 0.130 e. The molecular weight excluding hydrogens is 176 g/mol. The first kappa shape index (κ1) is 13.5. The molecule has 0 aromatic rings. The normalized spacial score (nSPS) is 17.9. The van der Waals surface area contributed by atoms with Crippen LogP contribution in [0.3, 0.4) is 0 Å². The maximum Gasteiger partial charge on any atom is 0.130 e. The lowest BCUT2D eigenvalue weighted by Gasteiger charge is -2.35. The molecule has 0 spiro atoms. The molecule has 0 fully saturated rings. The van der Waals surface area contributed by atoms with Crippen LogP contribution < -0.4 is 0 Å². The van der Waals surface area contributed by atoms with E-state index in [-0.39, 0.29) is 5.41 Å². The average molecular weight is 198 g/mol. The van der Waals surface area contributed by atoms with Crippen LogP contribution in [0.1, 0.15) is 47.5 Å². The molecule has 0 saturated heterocycles. The summed E-state index contributed by atoms with van der Waals surface area (Å²) in [5, 5.41) is 19.4. The molecule has 0 unspecified atom stereocenters. The van der Waals surface area contributed by atoms with Crippen LogP contribution in [0.4, 0.5) is 0 Å². The van der Waals surface area contributed by atoms with E-state index in [2.05, 4.69) is 11.8 Å². The Morgan fingerprint density at radius 1 is 1.29 bits per heavy atom. The monoisotopic (exact) mass is 198 g/mol. The van der Waals surface area contributed by atoms with E-state index in [1.54, 1.807) is 6.92 Å². The Bertz CT molecular complexity index is 227. The van der Waals surface area contributed by atoms with Crippen molar-refractivity contribution in [3.05, 3.63) is 0 Å². The Morgan fingerprint density at radius 3 is 2.07 bits per heavy atom. The summed E-state index contributed by atoms with van der Waals surface area (Å²) in [5.74, 6) is 5.42. The molecule has 2 nitrogen and oxygen atoms in total. The highest BCUT2D eigenvalue weighted by Gasteiger charge is 2.37. The quantitative estimate of drug-likeness (QED) is 0.666. The summed E-state index contributed by atoms with van der Waals surface area (Å²) >= 11 is 0. The van der Waals surface area contributed by atoms with Crippen molar-refractivity contribution in [2.45, 2.75) is 59.2 Å². The second-order valence-corrected chi connectivity index (χ2v) is 4.81. The van der Waals surface area contributed by atoms with E-state index in [1.165, 1.54) is 0 Å². The van der Waals surface area contributed by atoms with Gasteiger partial charge >= 0.3 is 0 Å². The van der Waals surface area contributed by atoms with Gasteiger partial charge < -0.3 is 10.2 Å². The third-order valence-electron chi connectivity index (χ3n) is 2.34. The topological polar surface area (TPSA) is 40.5 Å². The highest BCUT2D eigenvalue weighted by Crippen LogP contribution is 2.33. The first-order valence-corrected chi connectivity index (χ1v) is 5.16. The molecular formula is C12H22O2. The second kappa shape index (κ2) is 4.82. The van der Waals surface area contributed by atoms with Gasteiger partial charge in [0.25, 0.3) is 0 Å². The van der Waals surface area contributed by atoms with Crippen LogP contribution in [-0.4, -0.2) is 21.9 Å². The molecule has 0 heterocycles. The molecule has 0 saturated carbocycles. The van der Waals surface area contributed by atoms with Crippen molar-refractivity contribution >= 4 is 0 Å². The second-order valence-electron chi connectivity index (χ2n) is 4.81. The van der Waals surface area contributed by atoms with Crippen LogP contribution >= 0.6 is 0 Å². The van der Waals surface area contributed by atoms with Crippen LogP contribution in [0.25, 0.3) is 0 Å². The molecule has 0 bridgehead atoms. The summed E-state index contributed by atoms with van der Waals surface area (Å²) in [7, 11) is 0. The molecule has 0 aliphatic heterocycles. The summed E-state index contributed by atoms with van der Waals surface area (Å²) in [6, 6.07) is 0. The summed E-state index contributed by atoms with van der Waals surface area (Å²) in [4.78, 5) is 0. The molecule has 0 aromatic carbocycles. The predicted molar refractivity (Wildman–Crippen MR) is 58.8 cm³/mol. The van der Waals surface area contributed by atoms with Crippen molar-refractivity contribution in [2.75, 3.05) is 0 Å². The molecule has 0 amide bonds. The molecule has 0 aromatic heterocycles. The lowest BCUT2D eigenvalue weighted by molar-refractivity contribution is -0.0124. The minimum absolute atomic E-state index is 0.287. The zero-order valence-electron chi connectivity index (χ0n) is 9.89. The summed E-state index contributed by atoms with van der Waals surface area (Å²) in [6.45, 7) is 9.49. The molecule has 2 heteroatoms. The van der Waals surface area contributed by atoms with E-state index in [9.17, 15) is 5.11 Å². The molecule has 0 radical (unpaired) electrons. The number of hydrogen-bond acceptors (Lipinski definition) is 2. The lowest BCUT2D eigenvalue weighted by Crippen LogP contribution is -2.41. The van der Waals surface area contributed by atoms with Crippen molar-refractivity contribution in [2.24, 2.45) is 5.41 Å². The zero-order valence-corrected chi connectivity index (χ0v) is 9.89. The third-order valence-corrected chi connectivity index (χ3v) is 2.34.